The lowest BCUT2D eigenvalue weighted by atomic mass is 9.99. The lowest BCUT2D eigenvalue weighted by Crippen LogP contribution is -2.41. The van der Waals surface area contributed by atoms with Crippen LogP contribution in [0.4, 0.5) is 0 Å². The second kappa shape index (κ2) is 8.53. The molecule has 7 nitrogen and oxygen atoms in total. The van der Waals surface area contributed by atoms with E-state index in [1.807, 2.05) is 13.8 Å². The molecule has 0 saturated carbocycles. The number of aromatic nitrogens is 2. The van der Waals surface area contributed by atoms with Crippen molar-refractivity contribution in [3.8, 4) is 22.8 Å². The van der Waals surface area contributed by atoms with Crippen molar-refractivity contribution in [3.63, 3.8) is 0 Å². The van der Waals surface area contributed by atoms with Crippen LogP contribution in [0.5, 0.6) is 11.5 Å². The fourth-order valence-electron chi connectivity index (χ4n) is 2.57. The molecule has 25 heavy (non-hydrogen) atoms. The van der Waals surface area contributed by atoms with E-state index in [1.54, 1.807) is 32.4 Å². The van der Waals surface area contributed by atoms with E-state index in [2.05, 4.69) is 15.5 Å². The van der Waals surface area contributed by atoms with Crippen LogP contribution in [0.3, 0.4) is 0 Å². The van der Waals surface area contributed by atoms with Crippen molar-refractivity contribution >= 4 is 5.91 Å². The number of aromatic amines is 1. The van der Waals surface area contributed by atoms with Crippen molar-refractivity contribution in [2.75, 3.05) is 20.8 Å². The summed E-state index contributed by atoms with van der Waals surface area (Å²) in [7, 11) is 3.13. The minimum absolute atomic E-state index is 0.111. The Morgan fingerprint density at radius 1 is 1.36 bits per heavy atom. The highest BCUT2D eigenvalue weighted by molar-refractivity contribution is 6.00. The number of hydrogen-bond acceptors (Lipinski definition) is 5. The molecule has 2 rings (SSSR count). The summed E-state index contributed by atoms with van der Waals surface area (Å²) < 4.78 is 10.6. The van der Waals surface area contributed by atoms with Crippen LogP contribution < -0.4 is 14.8 Å². The highest BCUT2D eigenvalue weighted by Gasteiger charge is 2.23. The number of rotatable bonds is 8. The Morgan fingerprint density at radius 3 is 2.72 bits per heavy atom. The van der Waals surface area contributed by atoms with Crippen LogP contribution in [0.2, 0.25) is 0 Å². The maximum absolute atomic E-state index is 12.7. The fraction of sp³-hybridized carbons (Fsp3) is 0.444. The SMILES string of the molecule is CCC(C)C(CO)NC(=O)c1cn[nH]c1-c1ccc(OC)cc1OC. The first-order chi connectivity index (χ1) is 12.0. The monoisotopic (exact) mass is 347 g/mol. The molecule has 0 aliphatic rings. The molecule has 0 fully saturated rings. The third-order valence-corrected chi connectivity index (χ3v) is 4.41. The maximum atomic E-state index is 12.7. The Morgan fingerprint density at radius 2 is 2.12 bits per heavy atom. The van der Waals surface area contributed by atoms with E-state index in [0.29, 0.717) is 28.3 Å². The number of aliphatic hydroxyl groups excluding tert-OH is 1. The van der Waals surface area contributed by atoms with E-state index in [1.165, 1.54) is 6.20 Å². The summed E-state index contributed by atoms with van der Waals surface area (Å²) in [4.78, 5) is 12.7. The summed E-state index contributed by atoms with van der Waals surface area (Å²) in [5, 5.41) is 19.3. The molecule has 136 valence electrons. The van der Waals surface area contributed by atoms with E-state index in [-0.39, 0.29) is 24.5 Å². The Hall–Kier alpha value is -2.54. The van der Waals surface area contributed by atoms with Crippen LogP contribution in [-0.4, -0.2) is 48.1 Å². The van der Waals surface area contributed by atoms with Crippen molar-refractivity contribution in [1.82, 2.24) is 15.5 Å². The number of hydrogen-bond donors (Lipinski definition) is 3. The number of carbonyl (C=O) groups is 1. The molecule has 2 atom stereocenters. The molecule has 0 bridgehead atoms. The number of H-pyrrole nitrogens is 1. The Kier molecular flexibility index (Phi) is 6.41. The van der Waals surface area contributed by atoms with Gasteiger partial charge >= 0.3 is 0 Å². The zero-order chi connectivity index (χ0) is 18.4. The van der Waals surface area contributed by atoms with Gasteiger partial charge in [-0.1, -0.05) is 20.3 Å². The number of methoxy groups -OCH3 is 2. The smallest absolute Gasteiger partial charge is 0.255 e. The minimum atomic E-state index is -0.307. The van der Waals surface area contributed by atoms with Crippen LogP contribution in [0, 0.1) is 5.92 Å². The van der Waals surface area contributed by atoms with E-state index in [0.717, 1.165) is 6.42 Å². The molecule has 7 heteroatoms. The minimum Gasteiger partial charge on any atom is -0.497 e. The number of carbonyl (C=O) groups excluding carboxylic acids is 1. The molecular formula is C18H25N3O4. The fourth-order valence-corrected chi connectivity index (χ4v) is 2.57. The molecule has 2 unspecified atom stereocenters. The van der Waals surface area contributed by atoms with E-state index >= 15 is 0 Å². The first-order valence-corrected chi connectivity index (χ1v) is 8.23. The molecule has 0 radical (unpaired) electrons. The van der Waals surface area contributed by atoms with Crippen LogP contribution in [0.1, 0.15) is 30.6 Å². The Bertz CT molecular complexity index is 714. The molecule has 0 aliphatic carbocycles. The molecule has 2 aromatic rings. The van der Waals surface area contributed by atoms with Crippen molar-refractivity contribution < 1.29 is 19.4 Å². The molecule has 1 aromatic heterocycles. The summed E-state index contributed by atoms with van der Waals surface area (Å²) in [5.74, 6) is 1.10. The Balaban J connectivity index is 2.33. The first-order valence-electron chi connectivity index (χ1n) is 8.23. The third-order valence-electron chi connectivity index (χ3n) is 4.41. The average Bonchev–Trinajstić information content (AvgIpc) is 3.14. The highest BCUT2D eigenvalue weighted by Crippen LogP contribution is 2.33. The zero-order valence-electron chi connectivity index (χ0n) is 15.0. The van der Waals surface area contributed by atoms with Gasteiger partial charge in [-0.3, -0.25) is 9.89 Å². The molecular weight excluding hydrogens is 322 g/mol. The highest BCUT2D eigenvalue weighted by atomic mass is 16.5. The number of aliphatic hydroxyl groups is 1. The number of ether oxygens (including phenoxy) is 2. The summed E-state index contributed by atoms with van der Waals surface area (Å²) in [6.07, 6.45) is 2.33. The topological polar surface area (TPSA) is 96.5 Å². The molecule has 0 spiro atoms. The summed E-state index contributed by atoms with van der Waals surface area (Å²) in [6, 6.07) is 5.03. The number of benzene rings is 1. The quantitative estimate of drug-likeness (QED) is 0.680. The van der Waals surface area contributed by atoms with Crippen molar-refractivity contribution in [2.24, 2.45) is 5.92 Å². The molecule has 3 N–H and O–H groups in total. The van der Waals surface area contributed by atoms with Gasteiger partial charge in [0.2, 0.25) is 0 Å². The predicted octanol–water partition coefficient (Wildman–Crippen LogP) is 2.23. The standard InChI is InChI=1S/C18H25N3O4/c1-5-11(2)15(10-22)20-18(23)14-9-19-21-17(14)13-7-6-12(24-3)8-16(13)25-4/h6-9,11,15,22H,5,10H2,1-4H3,(H,19,21)(H,20,23). The van der Waals surface area contributed by atoms with E-state index in [4.69, 9.17) is 9.47 Å². The zero-order valence-corrected chi connectivity index (χ0v) is 15.0. The molecule has 1 amide bonds. The summed E-state index contributed by atoms with van der Waals surface area (Å²) >= 11 is 0. The lowest BCUT2D eigenvalue weighted by molar-refractivity contribution is 0.0892. The average molecular weight is 347 g/mol. The van der Waals surface area contributed by atoms with Crippen molar-refractivity contribution in [1.29, 1.82) is 0 Å². The van der Waals surface area contributed by atoms with Gasteiger partial charge in [0.15, 0.2) is 0 Å². The molecule has 0 saturated heterocycles. The van der Waals surface area contributed by atoms with Crippen LogP contribution in [0.25, 0.3) is 11.3 Å². The first kappa shape index (κ1) is 18.8. The van der Waals surface area contributed by atoms with Crippen LogP contribution >= 0.6 is 0 Å². The van der Waals surface area contributed by atoms with Gasteiger partial charge in [0.25, 0.3) is 5.91 Å². The second-order valence-electron chi connectivity index (χ2n) is 5.87. The molecule has 1 heterocycles. The van der Waals surface area contributed by atoms with Gasteiger partial charge in [0.05, 0.1) is 44.3 Å². The van der Waals surface area contributed by atoms with Gasteiger partial charge in [0.1, 0.15) is 11.5 Å². The molecule has 0 aliphatic heterocycles. The van der Waals surface area contributed by atoms with E-state index < -0.39 is 0 Å². The second-order valence-corrected chi connectivity index (χ2v) is 5.87. The van der Waals surface area contributed by atoms with Crippen molar-refractivity contribution in [3.05, 3.63) is 30.0 Å². The van der Waals surface area contributed by atoms with Gasteiger partial charge in [-0.15, -0.1) is 0 Å². The van der Waals surface area contributed by atoms with Crippen LogP contribution in [-0.2, 0) is 0 Å². The van der Waals surface area contributed by atoms with Gasteiger partial charge in [-0.05, 0) is 18.1 Å². The summed E-state index contributed by atoms with van der Waals surface area (Å²) in [6.45, 7) is 3.90. The van der Waals surface area contributed by atoms with Gasteiger partial charge < -0.3 is 19.9 Å². The normalized spacial score (nSPS) is 13.2. The van der Waals surface area contributed by atoms with Crippen molar-refractivity contribution in [2.45, 2.75) is 26.3 Å². The number of nitrogens with zero attached hydrogens (tertiary/aromatic N) is 1. The number of amides is 1. The van der Waals surface area contributed by atoms with Gasteiger partial charge in [0, 0.05) is 11.6 Å². The number of nitrogens with one attached hydrogen (secondary N) is 2. The lowest BCUT2D eigenvalue weighted by Gasteiger charge is -2.22. The van der Waals surface area contributed by atoms with Crippen LogP contribution in [0.15, 0.2) is 24.4 Å². The summed E-state index contributed by atoms with van der Waals surface area (Å²) in [5.41, 5.74) is 1.65. The largest absolute Gasteiger partial charge is 0.497 e. The Labute approximate surface area is 147 Å². The molecule has 1 aromatic carbocycles. The predicted molar refractivity (Wildman–Crippen MR) is 94.9 cm³/mol. The maximum Gasteiger partial charge on any atom is 0.255 e. The third kappa shape index (κ3) is 4.11. The van der Waals surface area contributed by atoms with Gasteiger partial charge in [-0.2, -0.15) is 5.10 Å². The van der Waals surface area contributed by atoms with E-state index in [9.17, 15) is 9.90 Å². The van der Waals surface area contributed by atoms with Gasteiger partial charge in [-0.25, -0.2) is 0 Å².